The van der Waals surface area contributed by atoms with E-state index >= 15 is 0 Å². The SMILES string of the molecule is COc1ccc(C(=O)NP(=O)(NN2CCOCC2)NN2CCOCC2)cc1. The average molecular weight is 399 g/mol. The molecule has 2 aliphatic heterocycles. The third-order valence-electron chi connectivity index (χ3n) is 4.20. The molecule has 2 aliphatic rings. The van der Waals surface area contributed by atoms with E-state index < -0.39 is 13.5 Å². The Bertz CT molecular complexity index is 638. The first-order valence-electron chi connectivity index (χ1n) is 8.86. The summed E-state index contributed by atoms with van der Waals surface area (Å²) in [6.45, 7) is 4.46. The van der Waals surface area contributed by atoms with Gasteiger partial charge in [-0.25, -0.2) is 10.0 Å². The first kappa shape index (κ1) is 20.2. The van der Waals surface area contributed by atoms with Gasteiger partial charge in [-0.3, -0.25) is 14.4 Å². The number of amides is 1. The fourth-order valence-corrected chi connectivity index (χ4v) is 4.50. The maximum absolute atomic E-state index is 13.5. The normalized spacial score (nSPS) is 19.6. The van der Waals surface area contributed by atoms with Crippen LogP contribution in [0.2, 0.25) is 0 Å². The van der Waals surface area contributed by atoms with Crippen molar-refractivity contribution in [1.82, 2.24) is 25.5 Å². The van der Waals surface area contributed by atoms with E-state index in [1.165, 1.54) is 0 Å². The molecule has 10 nitrogen and oxygen atoms in total. The molecule has 1 aromatic rings. The number of methoxy groups -OCH3 is 1. The molecule has 2 heterocycles. The Balaban J connectivity index is 1.70. The second-order valence-corrected chi connectivity index (χ2v) is 8.02. The number of hydrogen-bond donors (Lipinski definition) is 3. The van der Waals surface area contributed by atoms with E-state index in [4.69, 9.17) is 14.2 Å². The second kappa shape index (κ2) is 9.61. The van der Waals surface area contributed by atoms with Gasteiger partial charge in [0.2, 0.25) is 0 Å². The van der Waals surface area contributed by atoms with Crippen molar-refractivity contribution in [2.45, 2.75) is 0 Å². The third kappa shape index (κ3) is 5.98. The highest BCUT2D eigenvalue weighted by atomic mass is 31.2. The van der Waals surface area contributed by atoms with Gasteiger partial charge in [0.1, 0.15) is 5.75 Å². The Labute approximate surface area is 158 Å². The van der Waals surface area contributed by atoms with Crippen LogP contribution < -0.4 is 20.2 Å². The van der Waals surface area contributed by atoms with Gasteiger partial charge in [0.05, 0.1) is 33.5 Å². The summed E-state index contributed by atoms with van der Waals surface area (Å²) in [6, 6.07) is 6.62. The number of carbonyl (C=O) groups excluding carboxylic acids is 1. The van der Waals surface area contributed by atoms with Gasteiger partial charge in [0.25, 0.3) is 5.91 Å². The van der Waals surface area contributed by atoms with Crippen LogP contribution in [0.15, 0.2) is 24.3 Å². The lowest BCUT2D eigenvalue weighted by atomic mass is 10.2. The highest BCUT2D eigenvalue weighted by molar-refractivity contribution is 7.58. The van der Waals surface area contributed by atoms with E-state index in [1.807, 2.05) is 0 Å². The molecule has 0 radical (unpaired) electrons. The van der Waals surface area contributed by atoms with E-state index in [9.17, 15) is 9.36 Å². The van der Waals surface area contributed by atoms with E-state index in [0.717, 1.165) is 0 Å². The molecule has 3 N–H and O–H groups in total. The molecule has 2 fully saturated rings. The van der Waals surface area contributed by atoms with Gasteiger partial charge < -0.3 is 14.2 Å². The summed E-state index contributed by atoms with van der Waals surface area (Å²) in [5, 5.41) is 12.1. The van der Waals surface area contributed by atoms with Gasteiger partial charge in [-0.15, -0.1) is 0 Å². The minimum absolute atomic E-state index is 0.392. The Kier molecular flexibility index (Phi) is 7.20. The summed E-state index contributed by atoms with van der Waals surface area (Å²) in [5.74, 6) is 0.204. The van der Waals surface area contributed by atoms with Gasteiger partial charge in [-0.1, -0.05) is 0 Å². The molecule has 3 rings (SSSR count). The van der Waals surface area contributed by atoms with Crippen LogP contribution in [0.4, 0.5) is 0 Å². The standard InChI is InChI=1S/C16H26N5O5P/c1-24-15-4-2-14(3-5-15)16(22)17-27(23,18-20-6-10-25-11-7-20)19-21-8-12-26-13-9-21/h2-5H,6-13H2,1H3,(H3,17,18,19,22,23). The highest BCUT2D eigenvalue weighted by Crippen LogP contribution is 2.33. The van der Waals surface area contributed by atoms with Crippen LogP contribution in [0.3, 0.4) is 0 Å². The van der Waals surface area contributed by atoms with Crippen LogP contribution in [0, 0.1) is 0 Å². The maximum atomic E-state index is 13.5. The largest absolute Gasteiger partial charge is 0.497 e. The van der Waals surface area contributed by atoms with Gasteiger partial charge in [0, 0.05) is 31.7 Å². The third-order valence-corrected chi connectivity index (χ3v) is 5.84. The van der Waals surface area contributed by atoms with Crippen molar-refractivity contribution in [2.75, 3.05) is 59.7 Å². The molecule has 0 aliphatic carbocycles. The van der Waals surface area contributed by atoms with Gasteiger partial charge in [0.15, 0.2) is 0 Å². The van der Waals surface area contributed by atoms with E-state index in [0.29, 0.717) is 63.9 Å². The molecule has 0 bridgehead atoms. The van der Waals surface area contributed by atoms with Crippen molar-refractivity contribution in [1.29, 1.82) is 0 Å². The molecule has 0 spiro atoms. The summed E-state index contributed by atoms with van der Waals surface area (Å²) in [4.78, 5) is 12.7. The lowest BCUT2D eigenvalue weighted by molar-refractivity contribution is 0.0178. The highest BCUT2D eigenvalue weighted by Gasteiger charge is 2.31. The van der Waals surface area contributed by atoms with E-state index in [-0.39, 0.29) is 0 Å². The Hall–Kier alpha value is -1.52. The Morgan fingerprint density at radius 1 is 0.963 bits per heavy atom. The first-order valence-corrected chi connectivity index (χ1v) is 10.6. The summed E-state index contributed by atoms with van der Waals surface area (Å²) in [5.41, 5.74) is 0.392. The number of benzene rings is 1. The van der Waals surface area contributed by atoms with Crippen LogP contribution in [0.25, 0.3) is 0 Å². The number of hydrogen-bond acceptors (Lipinski definition) is 7. The molecule has 0 aromatic heterocycles. The van der Waals surface area contributed by atoms with Gasteiger partial charge >= 0.3 is 7.59 Å². The lowest BCUT2D eigenvalue weighted by Crippen LogP contribution is -2.53. The average Bonchev–Trinajstić information content (AvgIpc) is 2.69. The zero-order valence-corrected chi connectivity index (χ0v) is 16.2. The summed E-state index contributed by atoms with van der Waals surface area (Å²) in [6.07, 6.45) is 0. The minimum atomic E-state index is -3.49. The summed E-state index contributed by atoms with van der Waals surface area (Å²) < 4.78 is 29.3. The molecule has 2 saturated heterocycles. The molecular formula is C16H26N5O5P. The number of nitrogens with zero attached hydrogens (tertiary/aromatic N) is 2. The second-order valence-electron chi connectivity index (χ2n) is 6.18. The van der Waals surface area contributed by atoms with Crippen molar-refractivity contribution >= 4 is 13.5 Å². The number of hydrazine groups is 2. The Morgan fingerprint density at radius 2 is 1.44 bits per heavy atom. The zero-order chi connectivity index (χ0) is 19.1. The molecule has 0 atom stereocenters. The van der Waals surface area contributed by atoms with Crippen LogP contribution in [0.5, 0.6) is 5.75 Å². The van der Waals surface area contributed by atoms with Crippen LogP contribution in [0.1, 0.15) is 10.4 Å². The molecule has 1 aromatic carbocycles. The van der Waals surface area contributed by atoms with Crippen molar-refractivity contribution in [3.63, 3.8) is 0 Å². The summed E-state index contributed by atoms with van der Waals surface area (Å²) >= 11 is 0. The van der Waals surface area contributed by atoms with Crippen LogP contribution in [-0.2, 0) is 14.0 Å². The number of rotatable bonds is 7. The predicted octanol–water partition coefficient (Wildman–Crippen LogP) is 0.207. The quantitative estimate of drug-likeness (QED) is 0.555. The predicted molar refractivity (Wildman–Crippen MR) is 99.1 cm³/mol. The maximum Gasteiger partial charge on any atom is 0.332 e. The number of ether oxygens (including phenoxy) is 3. The summed E-state index contributed by atoms with van der Waals surface area (Å²) in [7, 11) is -1.93. The fraction of sp³-hybridized carbons (Fsp3) is 0.562. The molecule has 0 saturated carbocycles. The van der Waals surface area contributed by atoms with Crippen molar-refractivity contribution in [3.05, 3.63) is 29.8 Å². The Morgan fingerprint density at radius 3 is 1.89 bits per heavy atom. The lowest BCUT2D eigenvalue weighted by Gasteiger charge is -2.35. The fourth-order valence-electron chi connectivity index (χ4n) is 2.75. The van der Waals surface area contributed by atoms with Crippen molar-refractivity contribution in [3.8, 4) is 5.75 Å². The van der Waals surface area contributed by atoms with Crippen LogP contribution >= 0.6 is 7.59 Å². The molecule has 11 heteroatoms. The van der Waals surface area contributed by atoms with Crippen molar-refractivity contribution < 1.29 is 23.6 Å². The van der Waals surface area contributed by atoms with Crippen molar-refractivity contribution in [2.24, 2.45) is 0 Å². The first-order chi connectivity index (χ1) is 13.1. The molecular weight excluding hydrogens is 373 g/mol. The number of carbonyl (C=O) groups is 1. The molecule has 0 unspecified atom stereocenters. The monoisotopic (exact) mass is 399 g/mol. The zero-order valence-electron chi connectivity index (χ0n) is 15.3. The smallest absolute Gasteiger partial charge is 0.332 e. The topological polar surface area (TPSA) is 104 Å². The van der Waals surface area contributed by atoms with Gasteiger partial charge in [-0.05, 0) is 24.3 Å². The molecule has 150 valence electrons. The number of nitrogens with one attached hydrogen (secondary N) is 3. The van der Waals surface area contributed by atoms with E-state index in [1.54, 1.807) is 41.4 Å². The molecule has 1 amide bonds. The number of morpholine rings is 2. The van der Waals surface area contributed by atoms with Crippen LogP contribution in [-0.4, -0.2) is 75.6 Å². The minimum Gasteiger partial charge on any atom is -0.497 e. The van der Waals surface area contributed by atoms with Gasteiger partial charge in [-0.2, -0.15) is 10.4 Å². The molecule has 27 heavy (non-hydrogen) atoms. The van der Waals surface area contributed by atoms with E-state index in [2.05, 4.69) is 15.5 Å².